The van der Waals surface area contributed by atoms with Crippen LogP contribution in [-0.4, -0.2) is 18.4 Å². The standard InChI is InChI=1S/C17H22O3/c1-3-5-13-20-17(19)15(16(18)4-2)12-11-14-9-7-6-8-10-14/h6-10,12H,3-5,11,13H2,1-2H3. The van der Waals surface area contributed by atoms with Gasteiger partial charge in [-0.25, -0.2) is 4.79 Å². The van der Waals surface area contributed by atoms with Gasteiger partial charge in [0, 0.05) is 6.42 Å². The molecule has 0 aliphatic heterocycles. The second kappa shape index (κ2) is 9.08. The van der Waals surface area contributed by atoms with Gasteiger partial charge in [0.15, 0.2) is 5.78 Å². The summed E-state index contributed by atoms with van der Waals surface area (Å²) in [6.45, 7) is 4.14. The molecular weight excluding hydrogens is 252 g/mol. The van der Waals surface area contributed by atoms with Gasteiger partial charge in [-0.2, -0.15) is 0 Å². The highest BCUT2D eigenvalue weighted by Crippen LogP contribution is 2.08. The number of Topliss-reactive ketones (excluding diaryl/α,β-unsaturated/α-hetero) is 1. The summed E-state index contributed by atoms with van der Waals surface area (Å²) in [5.41, 5.74) is 1.24. The van der Waals surface area contributed by atoms with Gasteiger partial charge in [0.05, 0.1) is 12.2 Å². The Hall–Kier alpha value is -1.90. The predicted molar refractivity (Wildman–Crippen MR) is 79.4 cm³/mol. The van der Waals surface area contributed by atoms with Crippen molar-refractivity contribution < 1.29 is 14.3 Å². The lowest BCUT2D eigenvalue weighted by molar-refractivity contribution is -0.140. The summed E-state index contributed by atoms with van der Waals surface area (Å²) >= 11 is 0. The number of carbonyl (C=O) groups excluding carboxylic acids is 2. The highest BCUT2D eigenvalue weighted by atomic mass is 16.5. The maximum atomic E-state index is 11.9. The van der Waals surface area contributed by atoms with Crippen molar-refractivity contribution in [3.05, 3.63) is 47.5 Å². The van der Waals surface area contributed by atoms with Gasteiger partial charge in [-0.15, -0.1) is 0 Å². The van der Waals surface area contributed by atoms with E-state index < -0.39 is 5.97 Å². The molecule has 1 rings (SSSR count). The van der Waals surface area contributed by atoms with E-state index in [0.29, 0.717) is 19.4 Å². The molecule has 0 bridgehead atoms. The van der Waals surface area contributed by atoms with Gasteiger partial charge >= 0.3 is 5.97 Å². The van der Waals surface area contributed by atoms with E-state index >= 15 is 0 Å². The minimum Gasteiger partial charge on any atom is -0.462 e. The lowest BCUT2D eigenvalue weighted by Gasteiger charge is -2.06. The third-order valence-electron chi connectivity index (χ3n) is 2.96. The lowest BCUT2D eigenvalue weighted by atomic mass is 10.1. The highest BCUT2D eigenvalue weighted by Gasteiger charge is 2.17. The van der Waals surface area contributed by atoms with Crippen LogP contribution in [0.25, 0.3) is 0 Å². The van der Waals surface area contributed by atoms with Crippen LogP contribution in [0.2, 0.25) is 0 Å². The zero-order valence-corrected chi connectivity index (χ0v) is 12.2. The summed E-state index contributed by atoms with van der Waals surface area (Å²) in [6, 6.07) is 9.73. The van der Waals surface area contributed by atoms with Crippen LogP contribution in [0.15, 0.2) is 42.0 Å². The largest absolute Gasteiger partial charge is 0.462 e. The van der Waals surface area contributed by atoms with Crippen molar-refractivity contribution >= 4 is 11.8 Å². The number of carbonyl (C=O) groups is 2. The van der Waals surface area contributed by atoms with Crippen LogP contribution in [0.5, 0.6) is 0 Å². The molecule has 0 saturated carbocycles. The summed E-state index contributed by atoms with van der Waals surface area (Å²) in [5.74, 6) is -0.663. The number of benzene rings is 1. The molecule has 0 radical (unpaired) electrons. The van der Waals surface area contributed by atoms with Gasteiger partial charge in [0.1, 0.15) is 0 Å². The Bertz CT molecular complexity index is 460. The molecule has 0 N–H and O–H groups in total. The third kappa shape index (κ3) is 5.39. The molecule has 3 heteroatoms. The average molecular weight is 274 g/mol. The van der Waals surface area contributed by atoms with Crippen molar-refractivity contribution in [2.24, 2.45) is 0 Å². The Morgan fingerprint density at radius 2 is 1.85 bits per heavy atom. The van der Waals surface area contributed by atoms with E-state index in [1.54, 1.807) is 13.0 Å². The molecule has 0 aromatic heterocycles. The first-order valence-corrected chi connectivity index (χ1v) is 7.13. The fourth-order valence-electron chi connectivity index (χ4n) is 1.72. The van der Waals surface area contributed by atoms with Crippen molar-refractivity contribution in [1.29, 1.82) is 0 Å². The Morgan fingerprint density at radius 3 is 2.45 bits per heavy atom. The van der Waals surface area contributed by atoms with Crippen molar-refractivity contribution in [3.63, 3.8) is 0 Å². The second-order valence-corrected chi connectivity index (χ2v) is 4.57. The van der Waals surface area contributed by atoms with Crippen molar-refractivity contribution in [1.82, 2.24) is 0 Å². The Morgan fingerprint density at radius 1 is 1.15 bits per heavy atom. The number of ether oxygens (including phenoxy) is 1. The van der Waals surface area contributed by atoms with Crippen molar-refractivity contribution in [3.8, 4) is 0 Å². The zero-order chi connectivity index (χ0) is 14.8. The van der Waals surface area contributed by atoms with Gasteiger partial charge in [0.2, 0.25) is 0 Å². The fraction of sp³-hybridized carbons (Fsp3) is 0.412. The zero-order valence-electron chi connectivity index (χ0n) is 12.2. The number of esters is 1. The van der Waals surface area contributed by atoms with E-state index in [2.05, 4.69) is 0 Å². The van der Waals surface area contributed by atoms with E-state index in [1.807, 2.05) is 37.3 Å². The first-order chi connectivity index (χ1) is 9.69. The van der Waals surface area contributed by atoms with Crippen LogP contribution in [0.4, 0.5) is 0 Å². The average Bonchev–Trinajstić information content (AvgIpc) is 2.48. The van der Waals surface area contributed by atoms with Gasteiger partial charge in [-0.3, -0.25) is 4.79 Å². The van der Waals surface area contributed by atoms with Crippen LogP contribution >= 0.6 is 0 Å². The molecule has 1 aromatic carbocycles. The molecule has 108 valence electrons. The molecule has 0 spiro atoms. The minimum atomic E-state index is -0.499. The fourth-order valence-corrected chi connectivity index (χ4v) is 1.72. The number of ketones is 1. The normalized spacial score (nSPS) is 11.2. The first-order valence-electron chi connectivity index (χ1n) is 7.13. The molecule has 0 heterocycles. The lowest BCUT2D eigenvalue weighted by Crippen LogP contribution is -2.16. The molecule has 1 aromatic rings. The summed E-state index contributed by atoms with van der Waals surface area (Å²) < 4.78 is 5.13. The number of hydrogen-bond acceptors (Lipinski definition) is 3. The SMILES string of the molecule is CCCCOC(=O)C(=CCc1ccccc1)C(=O)CC. The Balaban J connectivity index is 2.73. The quantitative estimate of drug-likeness (QED) is 0.240. The molecule has 0 amide bonds. The van der Waals surface area contributed by atoms with Crippen LogP contribution in [-0.2, 0) is 20.7 Å². The van der Waals surface area contributed by atoms with E-state index in [4.69, 9.17) is 4.74 Å². The Labute approximate surface area is 120 Å². The smallest absolute Gasteiger partial charge is 0.341 e. The molecule has 0 saturated heterocycles. The summed E-state index contributed by atoms with van der Waals surface area (Å²) in [5, 5.41) is 0. The summed E-state index contributed by atoms with van der Waals surface area (Å²) in [6.07, 6.45) is 4.32. The summed E-state index contributed by atoms with van der Waals surface area (Å²) in [7, 11) is 0. The number of allylic oxidation sites excluding steroid dienone is 1. The number of rotatable bonds is 8. The molecule has 3 nitrogen and oxygen atoms in total. The molecule has 0 aliphatic carbocycles. The van der Waals surface area contributed by atoms with E-state index in [-0.39, 0.29) is 11.4 Å². The van der Waals surface area contributed by atoms with E-state index in [1.165, 1.54) is 0 Å². The molecule has 0 fully saturated rings. The van der Waals surface area contributed by atoms with Gasteiger partial charge < -0.3 is 4.74 Å². The summed E-state index contributed by atoms with van der Waals surface area (Å²) in [4.78, 5) is 23.8. The molecule has 20 heavy (non-hydrogen) atoms. The maximum Gasteiger partial charge on any atom is 0.341 e. The second-order valence-electron chi connectivity index (χ2n) is 4.57. The Kier molecular flexibility index (Phi) is 7.33. The maximum absolute atomic E-state index is 11.9. The van der Waals surface area contributed by atoms with Crippen LogP contribution < -0.4 is 0 Å². The van der Waals surface area contributed by atoms with Gasteiger partial charge in [0.25, 0.3) is 0 Å². The topological polar surface area (TPSA) is 43.4 Å². The van der Waals surface area contributed by atoms with Crippen LogP contribution in [0, 0.1) is 0 Å². The van der Waals surface area contributed by atoms with Gasteiger partial charge in [-0.05, 0) is 18.4 Å². The molecule has 0 aliphatic rings. The number of unbranched alkanes of at least 4 members (excludes halogenated alkanes) is 1. The van der Waals surface area contributed by atoms with Gasteiger partial charge in [-0.1, -0.05) is 56.7 Å². The van der Waals surface area contributed by atoms with Crippen LogP contribution in [0.3, 0.4) is 0 Å². The molecule has 0 unspecified atom stereocenters. The van der Waals surface area contributed by atoms with E-state index in [9.17, 15) is 9.59 Å². The molecule has 0 atom stereocenters. The first kappa shape index (κ1) is 16.2. The molecular formula is C17H22O3. The minimum absolute atomic E-state index is 0.164. The van der Waals surface area contributed by atoms with Crippen molar-refractivity contribution in [2.75, 3.05) is 6.61 Å². The highest BCUT2D eigenvalue weighted by molar-refractivity contribution is 6.17. The van der Waals surface area contributed by atoms with Crippen molar-refractivity contribution in [2.45, 2.75) is 39.5 Å². The van der Waals surface area contributed by atoms with E-state index in [0.717, 1.165) is 18.4 Å². The van der Waals surface area contributed by atoms with Crippen LogP contribution in [0.1, 0.15) is 38.7 Å². The predicted octanol–water partition coefficient (Wildman–Crippen LogP) is 3.48. The monoisotopic (exact) mass is 274 g/mol. The third-order valence-corrected chi connectivity index (χ3v) is 2.96. The number of hydrogen-bond donors (Lipinski definition) is 0.